The number of hydrogen-bond donors (Lipinski definition) is 2. The Balaban J connectivity index is 1.85. The van der Waals surface area contributed by atoms with Crippen LogP contribution in [0.5, 0.6) is 0 Å². The molecule has 0 aliphatic rings. The summed E-state index contributed by atoms with van der Waals surface area (Å²) in [5, 5.41) is 6.39. The number of aryl methyl sites for hydroxylation is 1. The number of thioether (sulfide) groups is 1. The Bertz CT molecular complexity index is 863. The van der Waals surface area contributed by atoms with E-state index >= 15 is 0 Å². The SMILES string of the molecule is CSc1cccc(N[C@@H](C(=O)Nc2ccc(C)cc2)c2ccccc2)c1. The summed E-state index contributed by atoms with van der Waals surface area (Å²) in [5.41, 5.74) is 3.80. The van der Waals surface area contributed by atoms with Gasteiger partial charge < -0.3 is 10.6 Å². The average Bonchev–Trinajstić information content (AvgIpc) is 2.68. The lowest BCUT2D eigenvalue weighted by Crippen LogP contribution is -2.27. The van der Waals surface area contributed by atoms with Gasteiger partial charge in [0.2, 0.25) is 0 Å². The van der Waals surface area contributed by atoms with Crippen LogP contribution >= 0.6 is 11.8 Å². The van der Waals surface area contributed by atoms with E-state index in [1.165, 1.54) is 0 Å². The molecule has 0 saturated heterocycles. The minimum absolute atomic E-state index is 0.0883. The van der Waals surface area contributed by atoms with Gasteiger partial charge in [0.1, 0.15) is 6.04 Å². The summed E-state index contributed by atoms with van der Waals surface area (Å²) in [6, 6.07) is 25.2. The molecule has 3 aromatic carbocycles. The van der Waals surface area contributed by atoms with E-state index in [4.69, 9.17) is 0 Å². The van der Waals surface area contributed by atoms with Crippen LogP contribution in [0.15, 0.2) is 83.8 Å². The molecule has 0 bridgehead atoms. The van der Waals surface area contributed by atoms with Gasteiger partial charge in [-0.15, -0.1) is 11.8 Å². The Kier molecular flexibility index (Phi) is 5.97. The molecule has 0 aliphatic carbocycles. The third-order valence-corrected chi connectivity index (χ3v) is 4.82. The first-order valence-electron chi connectivity index (χ1n) is 8.49. The highest BCUT2D eigenvalue weighted by molar-refractivity contribution is 7.98. The maximum Gasteiger partial charge on any atom is 0.251 e. The monoisotopic (exact) mass is 362 g/mol. The lowest BCUT2D eigenvalue weighted by molar-refractivity contribution is -0.117. The normalized spacial score (nSPS) is 11.6. The molecule has 3 aromatic rings. The number of rotatable bonds is 6. The lowest BCUT2D eigenvalue weighted by Gasteiger charge is -2.20. The van der Waals surface area contributed by atoms with Crippen molar-refractivity contribution in [1.82, 2.24) is 0 Å². The van der Waals surface area contributed by atoms with Gasteiger partial charge in [-0.05, 0) is 49.1 Å². The van der Waals surface area contributed by atoms with Crippen LogP contribution in [0.4, 0.5) is 11.4 Å². The van der Waals surface area contributed by atoms with Crippen LogP contribution in [0.2, 0.25) is 0 Å². The first-order valence-corrected chi connectivity index (χ1v) is 9.71. The van der Waals surface area contributed by atoms with E-state index in [1.807, 2.05) is 79.9 Å². The highest BCUT2D eigenvalue weighted by Crippen LogP contribution is 2.25. The fourth-order valence-corrected chi connectivity index (χ4v) is 3.14. The van der Waals surface area contributed by atoms with E-state index in [1.54, 1.807) is 11.8 Å². The summed E-state index contributed by atoms with van der Waals surface area (Å²) in [6.07, 6.45) is 2.04. The van der Waals surface area contributed by atoms with Crippen LogP contribution < -0.4 is 10.6 Å². The van der Waals surface area contributed by atoms with Crippen LogP contribution in [0.3, 0.4) is 0 Å². The second-order valence-corrected chi connectivity index (χ2v) is 6.95. The Hall–Kier alpha value is -2.72. The van der Waals surface area contributed by atoms with Crippen molar-refractivity contribution in [3.05, 3.63) is 90.0 Å². The van der Waals surface area contributed by atoms with E-state index in [0.717, 1.165) is 27.4 Å². The lowest BCUT2D eigenvalue weighted by atomic mass is 10.1. The number of anilines is 2. The first kappa shape index (κ1) is 18.1. The summed E-state index contributed by atoms with van der Waals surface area (Å²) in [7, 11) is 0. The molecule has 1 amide bonds. The molecule has 0 fully saturated rings. The molecule has 26 heavy (non-hydrogen) atoms. The summed E-state index contributed by atoms with van der Waals surface area (Å²) in [5.74, 6) is -0.0883. The fraction of sp³-hybridized carbons (Fsp3) is 0.136. The Labute approximate surface area is 158 Å². The number of benzene rings is 3. The summed E-state index contributed by atoms with van der Waals surface area (Å²) in [4.78, 5) is 14.1. The molecule has 0 radical (unpaired) electrons. The van der Waals surface area contributed by atoms with Crippen LogP contribution in [0.25, 0.3) is 0 Å². The van der Waals surface area contributed by atoms with Crippen molar-refractivity contribution < 1.29 is 4.79 Å². The van der Waals surface area contributed by atoms with Gasteiger partial charge in [-0.1, -0.05) is 54.1 Å². The van der Waals surface area contributed by atoms with E-state index in [-0.39, 0.29) is 5.91 Å². The molecule has 0 saturated carbocycles. The molecule has 1 atom stereocenters. The van der Waals surface area contributed by atoms with Crippen molar-refractivity contribution >= 4 is 29.0 Å². The van der Waals surface area contributed by atoms with Crippen molar-refractivity contribution in [2.24, 2.45) is 0 Å². The Morgan fingerprint density at radius 3 is 2.31 bits per heavy atom. The van der Waals surface area contributed by atoms with Gasteiger partial charge in [0.25, 0.3) is 5.91 Å². The minimum atomic E-state index is -0.477. The van der Waals surface area contributed by atoms with Gasteiger partial charge >= 0.3 is 0 Å². The number of carbonyl (C=O) groups is 1. The van der Waals surface area contributed by atoms with Crippen molar-refractivity contribution in [3.63, 3.8) is 0 Å². The Morgan fingerprint density at radius 2 is 1.62 bits per heavy atom. The summed E-state index contributed by atoms with van der Waals surface area (Å²) < 4.78 is 0. The molecule has 2 N–H and O–H groups in total. The predicted molar refractivity (Wildman–Crippen MR) is 111 cm³/mol. The Morgan fingerprint density at radius 1 is 0.885 bits per heavy atom. The van der Waals surface area contributed by atoms with Gasteiger partial charge in [-0.3, -0.25) is 4.79 Å². The largest absolute Gasteiger partial charge is 0.370 e. The third-order valence-electron chi connectivity index (χ3n) is 4.09. The molecule has 3 rings (SSSR count). The molecule has 132 valence electrons. The molecule has 3 nitrogen and oxygen atoms in total. The predicted octanol–water partition coefficient (Wildman–Crippen LogP) is 5.51. The zero-order valence-electron chi connectivity index (χ0n) is 14.9. The second kappa shape index (κ2) is 8.59. The van der Waals surface area contributed by atoms with Gasteiger partial charge in [-0.25, -0.2) is 0 Å². The molecule has 4 heteroatoms. The van der Waals surface area contributed by atoms with Crippen LogP contribution in [-0.2, 0) is 4.79 Å². The van der Waals surface area contributed by atoms with E-state index < -0.39 is 6.04 Å². The maximum absolute atomic E-state index is 13.0. The highest BCUT2D eigenvalue weighted by Gasteiger charge is 2.20. The molecule has 0 aliphatic heterocycles. The highest BCUT2D eigenvalue weighted by atomic mass is 32.2. The van der Waals surface area contributed by atoms with Crippen LogP contribution in [-0.4, -0.2) is 12.2 Å². The van der Waals surface area contributed by atoms with Crippen LogP contribution in [0, 0.1) is 6.92 Å². The average molecular weight is 362 g/mol. The van der Waals surface area contributed by atoms with Gasteiger partial charge in [0.05, 0.1) is 0 Å². The zero-order chi connectivity index (χ0) is 18.4. The van der Waals surface area contributed by atoms with Crippen molar-refractivity contribution in [3.8, 4) is 0 Å². The maximum atomic E-state index is 13.0. The first-order chi connectivity index (χ1) is 12.7. The van der Waals surface area contributed by atoms with Crippen molar-refractivity contribution in [1.29, 1.82) is 0 Å². The molecule has 0 aromatic heterocycles. The smallest absolute Gasteiger partial charge is 0.251 e. The van der Waals surface area contributed by atoms with Gasteiger partial charge in [0.15, 0.2) is 0 Å². The molecule has 0 unspecified atom stereocenters. The molecular weight excluding hydrogens is 340 g/mol. The minimum Gasteiger partial charge on any atom is -0.370 e. The standard InChI is InChI=1S/C22H22N2OS/c1-16-11-13-18(14-12-16)24-22(25)21(17-7-4-3-5-8-17)23-19-9-6-10-20(15-19)26-2/h3-15,21,23H,1-2H3,(H,24,25)/t21-/m1/s1. The molecule has 0 heterocycles. The summed E-state index contributed by atoms with van der Waals surface area (Å²) >= 11 is 1.68. The third kappa shape index (κ3) is 4.67. The van der Waals surface area contributed by atoms with Crippen molar-refractivity contribution in [2.45, 2.75) is 17.9 Å². The fourth-order valence-electron chi connectivity index (χ4n) is 2.68. The van der Waals surface area contributed by atoms with Gasteiger partial charge in [-0.2, -0.15) is 0 Å². The van der Waals surface area contributed by atoms with Gasteiger partial charge in [0, 0.05) is 16.3 Å². The van der Waals surface area contributed by atoms with E-state index in [0.29, 0.717) is 0 Å². The molecule has 0 spiro atoms. The number of hydrogen-bond acceptors (Lipinski definition) is 3. The number of carbonyl (C=O) groups excluding carboxylic acids is 1. The van der Waals surface area contributed by atoms with E-state index in [2.05, 4.69) is 22.8 Å². The second-order valence-electron chi connectivity index (χ2n) is 6.08. The number of amides is 1. The van der Waals surface area contributed by atoms with Crippen molar-refractivity contribution in [2.75, 3.05) is 16.9 Å². The summed E-state index contributed by atoms with van der Waals surface area (Å²) in [6.45, 7) is 2.03. The zero-order valence-corrected chi connectivity index (χ0v) is 15.7. The molecular formula is C22H22N2OS. The number of nitrogens with one attached hydrogen (secondary N) is 2. The quantitative estimate of drug-likeness (QED) is 0.568. The topological polar surface area (TPSA) is 41.1 Å². The van der Waals surface area contributed by atoms with E-state index in [9.17, 15) is 4.79 Å². The van der Waals surface area contributed by atoms with Crippen LogP contribution in [0.1, 0.15) is 17.2 Å².